The highest BCUT2D eigenvalue weighted by molar-refractivity contribution is 5.76. The van der Waals surface area contributed by atoms with Gasteiger partial charge in [0.1, 0.15) is 0 Å². The summed E-state index contributed by atoms with van der Waals surface area (Å²) >= 11 is 0. The Bertz CT molecular complexity index is 520. The lowest BCUT2D eigenvalue weighted by Gasteiger charge is -2.02. The van der Waals surface area contributed by atoms with Gasteiger partial charge in [0.15, 0.2) is 0 Å². The fraction of sp³-hybridized carbons (Fsp3) is 0.250. The van der Waals surface area contributed by atoms with Crippen molar-refractivity contribution in [3.8, 4) is 11.4 Å². The molecule has 0 aliphatic carbocycles. The molecule has 0 spiro atoms. The van der Waals surface area contributed by atoms with Gasteiger partial charge < -0.3 is 4.74 Å². The summed E-state index contributed by atoms with van der Waals surface area (Å²) in [4.78, 5) is 15.6. The normalized spacial score (nSPS) is 10.2. The van der Waals surface area contributed by atoms with E-state index in [1.54, 1.807) is 6.20 Å². The van der Waals surface area contributed by atoms with Crippen molar-refractivity contribution in [3.05, 3.63) is 35.7 Å². The number of nitrogens with one attached hydrogen (secondary N) is 1. The Labute approximate surface area is 98.8 Å². The van der Waals surface area contributed by atoms with E-state index in [1.165, 1.54) is 7.11 Å². The minimum Gasteiger partial charge on any atom is -0.469 e. The maximum absolute atomic E-state index is 11.3. The molecule has 0 radical (unpaired) electrons. The van der Waals surface area contributed by atoms with E-state index in [9.17, 15) is 4.79 Å². The molecule has 1 N–H and O–H groups in total. The predicted octanol–water partition coefficient (Wildman–Crippen LogP) is 1.50. The molecule has 0 aromatic carbocycles. The van der Waals surface area contributed by atoms with Crippen molar-refractivity contribution in [2.24, 2.45) is 0 Å². The molecule has 2 aromatic heterocycles. The molecule has 0 saturated heterocycles. The zero-order chi connectivity index (χ0) is 12.3. The molecule has 0 atom stereocenters. The van der Waals surface area contributed by atoms with Gasteiger partial charge in [-0.2, -0.15) is 5.10 Å². The van der Waals surface area contributed by atoms with Gasteiger partial charge >= 0.3 is 5.97 Å². The van der Waals surface area contributed by atoms with Crippen molar-refractivity contribution >= 4 is 5.97 Å². The number of aromatic nitrogens is 3. The first-order chi connectivity index (χ1) is 8.22. The van der Waals surface area contributed by atoms with E-state index >= 15 is 0 Å². The smallest absolute Gasteiger partial charge is 0.310 e. The van der Waals surface area contributed by atoms with Gasteiger partial charge in [-0.25, -0.2) is 0 Å². The molecule has 0 aliphatic heterocycles. The number of H-pyrrole nitrogens is 1. The Balaban J connectivity index is 2.39. The molecular formula is C12H13N3O2. The van der Waals surface area contributed by atoms with Crippen LogP contribution in [0.1, 0.15) is 11.3 Å². The quantitative estimate of drug-likeness (QED) is 0.813. The Morgan fingerprint density at radius 2 is 2.29 bits per heavy atom. The van der Waals surface area contributed by atoms with E-state index in [2.05, 4.69) is 19.9 Å². The van der Waals surface area contributed by atoms with Gasteiger partial charge in [-0.15, -0.1) is 0 Å². The van der Waals surface area contributed by atoms with Crippen molar-refractivity contribution in [3.63, 3.8) is 0 Å². The van der Waals surface area contributed by atoms with E-state index in [1.807, 2.05) is 25.1 Å². The van der Waals surface area contributed by atoms with Gasteiger partial charge in [-0.3, -0.25) is 14.9 Å². The predicted molar refractivity (Wildman–Crippen MR) is 62.3 cm³/mol. The highest BCUT2D eigenvalue weighted by Crippen LogP contribution is 2.22. The first-order valence-corrected chi connectivity index (χ1v) is 5.24. The van der Waals surface area contributed by atoms with Crippen LogP contribution < -0.4 is 0 Å². The number of ether oxygens (including phenoxy) is 1. The Morgan fingerprint density at radius 3 is 2.94 bits per heavy atom. The molecule has 88 valence electrons. The average Bonchev–Trinajstić information content (AvgIpc) is 2.72. The van der Waals surface area contributed by atoms with E-state index in [0.29, 0.717) is 0 Å². The number of hydrogen-bond donors (Lipinski definition) is 1. The van der Waals surface area contributed by atoms with Crippen LogP contribution in [-0.2, 0) is 16.0 Å². The van der Waals surface area contributed by atoms with Crippen LogP contribution >= 0.6 is 0 Å². The molecule has 2 rings (SSSR count). The summed E-state index contributed by atoms with van der Waals surface area (Å²) in [5.74, 6) is -0.285. The monoisotopic (exact) mass is 231 g/mol. The molecule has 5 nitrogen and oxygen atoms in total. The Hall–Kier alpha value is -2.17. The molecular weight excluding hydrogens is 218 g/mol. The van der Waals surface area contributed by atoms with Gasteiger partial charge in [0.25, 0.3) is 0 Å². The van der Waals surface area contributed by atoms with Gasteiger partial charge in [-0.05, 0) is 19.1 Å². The number of rotatable bonds is 3. The minimum absolute atomic E-state index is 0.199. The molecule has 0 aliphatic rings. The fourth-order valence-electron chi connectivity index (χ4n) is 1.61. The zero-order valence-electron chi connectivity index (χ0n) is 9.73. The number of pyridine rings is 1. The summed E-state index contributed by atoms with van der Waals surface area (Å²) < 4.78 is 4.67. The lowest BCUT2D eigenvalue weighted by molar-refractivity contribution is -0.139. The van der Waals surface area contributed by atoms with Gasteiger partial charge in [0.2, 0.25) is 0 Å². The van der Waals surface area contributed by atoms with Crippen LogP contribution in [0.4, 0.5) is 0 Å². The Morgan fingerprint density at radius 1 is 1.47 bits per heavy atom. The number of carbonyl (C=O) groups excluding carboxylic acids is 1. The van der Waals surface area contributed by atoms with Gasteiger partial charge in [0, 0.05) is 11.8 Å². The van der Waals surface area contributed by atoms with Crippen molar-refractivity contribution < 1.29 is 9.53 Å². The fourth-order valence-corrected chi connectivity index (χ4v) is 1.61. The van der Waals surface area contributed by atoms with Crippen LogP contribution in [0.3, 0.4) is 0 Å². The van der Waals surface area contributed by atoms with E-state index < -0.39 is 0 Å². The maximum atomic E-state index is 11.3. The highest BCUT2D eigenvalue weighted by atomic mass is 16.5. The number of aryl methyl sites for hydroxylation is 1. The van der Waals surface area contributed by atoms with Crippen LogP contribution in [-0.4, -0.2) is 28.3 Å². The first kappa shape index (κ1) is 11.3. The summed E-state index contributed by atoms with van der Waals surface area (Å²) in [7, 11) is 1.37. The highest BCUT2D eigenvalue weighted by Gasteiger charge is 2.16. The molecule has 0 bridgehead atoms. The number of aromatic amines is 1. The second-order valence-electron chi connectivity index (χ2n) is 3.63. The van der Waals surface area contributed by atoms with E-state index in [4.69, 9.17) is 0 Å². The minimum atomic E-state index is -0.285. The number of methoxy groups -OCH3 is 1. The van der Waals surface area contributed by atoms with Crippen LogP contribution in [0.2, 0.25) is 0 Å². The second-order valence-corrected chi connectivity index (χ2v) is 3.63. The molecule has 0 unspecified atom stereocenters. The number of esters is 1. The molecule has 0 amide bonds. The lowest BCUT2D eigenvalue weighted by Crippen LogP contribution is -2.06. The summed E-state index contributed by atoms with van der Waals surface area (Å²) in [6.45, 7) is 1.85. The molecule has 17 heavy (non-hydrogen) atoms. The standard InChI is InChI=1S/C12H13N3O2/c1-8-9(7-11(16)17-2)12(15-14-8)10-5-3-4-6-13-10/h3-6H,7H2,1-2H3,(H,14,15). The lowest BCUT2D eigenvalue weighted by atomic mass is 10.1. The molecule has 0 fully saturated rings. The Kier molecular flexibility index (Phi) is 3.18. The molecule has 2 aromatic rings. The zero-order valence-corrected chi connectivity index (χ0v) is 9.73. The number of carbonyl (C=O) groups is 1. The van der Waals surface area contributed by atoms with Crippen LogP contribution in [0.25, 0.3) is 11.4 Å². The van der Waals surface area contributed by atoms with Crippen molar-refractivity contribution in [2.75, 3.05) is 7.11 Å². The van der Waals surface area contributed by atoms with Crippen LogP contribution in [0.5, 0.6) is 0 Å². The maximum Gasteiger partial charge on any atom is 0.310 e. The van der Waals surface area contributed by atoms with E-state index in [-0.39, 0.29) is 12.4 Å². The largest absolute Gasteiger partial charge is 0.469 e. The van der Waals surface area contributed by atoms with Crippen molar-refractivity contribution in [2.45, 2.75) is 13.3 Å². The summed E-state index contributed by atoms with van der Waals surface area (Å²) in [6, 6.07) is 5.60. The molecule has 2 heterocycles. The number of hydrogen-bond acceptors (Lipinski definition) is 4. The van der Waals surface area contributed by atoms with Crippen LogP contribution in [0.15, 0.2) is 24.4 Å². The summed E-state index contributed by atoms with van der Waals surface area (Å²) in [6.07, 6.45) is 1.90. The summed E-state index contributed by atoms with van der Waals surface area (Å²) in [5.41, 5.74) is 3.16. The third-order valence-electron chi connectivity index (χ3n) is 2.54. The van der Waals surface area contributed by atoms with Crippen molar-refractivity contribution in [1.29, 1.82) is 0 Å². The third-order valence-corrected chi connectivity index (χ3v) is 2.54. The van der Waals surface area contributed by atoms with Gasteiger partial charge in [-0.1, -0.05) is 6.07 Å². The second kappa shape index (κ2) is 4.78. The van der Waals surface area contributed by atoms with E-state index in [0.717, 1.165) is 22.6 Å². The topological polar surface area (TPSA) is 67.9 Å². The number of nitrogens with zero attached hydrogens (tertiary/aromatic N) is 2. The average molecular weight is 231 g/mol. The molecule has 5 heteroatoms. The SMILES string of the molecule is COC(=O)Cc1c(C)n[nH]c1-c1ccccn1. The van der Waals surface area contributed by atoms with Gasteiger partial charge in [0.05, 0.1) is 30.6 Å². The first-order valence-electron chi connectivity index (χ1n) is 5.24. The molecule has 0 saturated carbocycles. The third kappa shape index (κ3) is 2.33. The van der Waals surface area contributed by atoms with Crippen molar-refractivity contribution in [1.82, 2.24) is 15.2 Å². The summed E-state index contributed by atoms with van der Waals surface area (Å²) in [5, 5.41) is 7.01. The van der Waals surface area contributed by atoms with Crippen LogP contribution in [0, 0.1) is 6.92 Å².